The van der Waals surface area contributed by atoms with Gasteiger partial charge in [-0.3, -0.25) is 4.90 Å². The minimum Gasteiger partial charge on any atom is -0.391 e. The summed E-state index contributed by atoms with van der Waals surface area (Å²) in [4.78, 5) is 2.12. The summed E-state index contributed by atoms with van der Waals surface area (Å²) in [5.41, 5.74) is -1.08. The summed E-state index contributed by atoms with van der Waals surface area (Å²) in [7, 11) is 2.00. The van der Waals surface area contributed by atoms with Gasteiger partial charge in [0.1, 0.15) is 5.60 Å². The van der Waals surface area contributed by atoms with Crippen LogP contribution in [0.15, 0.2) is 0 Å². The SMILES string of the molecule is CCCCN(C)[C@H]1[C@H](O)C[C@@H]2CC(C)(C)OC[C@]21O. The maximum Gasteiger partial charge on any atom is 0.109 e. The first-order valence-corrected chi connectivity index (χ1v) is 7.55. The average molecular weight is 271 g/mol. The van der Waals surface area contributed by atoms with Crippen LogP contribution in [0, 0.1) is 5.92 Å². The van der Waals surface area contributed by atoms with Crippen molar-refractivity contribution in [3.63, 3.8) is 0 Å². The predicted octanol–water partition coefficient (Wildman–Crippen LogP) is 1.40. The molecule has 0 aromatic rings. The Balaban J connectivity index is 2.12. The van der Waals surface area contributed by atoms with Gasteiger partial charge < -0.3 is 14.9 Å². The molecule has 1 aliphatic carbocycles. The van der Waals surface area contributed by atoms with Crippen LogP contribution in [0.3, 0.4) is 0 Å². The number of rotatable bonds is 4. The number of hydrogen-bond donors (Lipinski definition) is 2. The molecular weight excluding hydrogens is 242 g/mol. The zero-order valence-electron chi connectivity index (χ0n) is 12.7. The molecule has 1 saturated carbocycles. The highest BCUT2D eigenvalue weighted by Crippen LogP contribution is 2.47. The number of aliphatic hydroxyl groups is 2. The van der Waals surface area contributed by atoms with Crippen molar-refractivity contribution in [1.29, 1.82) is 0 Å². The highest BCUT2D eigenvalue weighted by molar-refractivity contribution is 5.11. The molecule has 4 atom stereocenters. The van der Waals surface area contributed by atoms with Gasteiger partial charge in [0, 0.05) is 0 Å². The first-order valence-electron chi connectivity index (χ1n) is 7.55. The fourth-order valence-electron chi connectivity index (χ4n) is 3.85. The molecule has 2 rings (SSSR count). The van der Waals surface area contributed by atoms with Gasteiger partial charge in [-0.25, -0.2) is 0 Å². The summed E-state index contributed by atoms with van der Waals surface area (Å²) in [5, 5.41) is 21.4. The van der Waals surface area contributed by atoms with Crippen LogP contribution in [0.1, 0.15) is 46.5 Å². The topological polar surface area (TPSA) is 52.9 Å². The number of ether oxygens (including phenoxy) is 1. The van der Waals surface area contributed by atoms with Crippen molar-refractivity contribution in [1.82, 2.24) is 4.90 Å². The Morgan fingerprint density at radius 3 is 2.68 bits per heavy atom. The summed E-state index contributed by atoms with van der Waals surface area (Å²) in [6.07, 6.45) is 3.27. The maximum absolute atomic E-state index is 11.0. The molecule has 0 spiro atoms. The first-order chi connectivity index (χ1) is 8.80. The molecule has 2 aliphatic rings. The summed E-state index contributed by atoms with van der Waals surface area (Å²) in [6, 6.07) is -0.194. The largest absolute Gasteiger partial charge is 0.391 e. The molecule has 1 heterocycles. The van der Waals surface area contributed by atoms with Crippen LogP contribution in [0.25, 0.3) is 0 Å². The van der Waals surface area contributed by atoms with Crippen LogP contribution in [0.5, 0.6) is 0 Å². The molecule has 112 valence electrons. The lowest BCUT2D eigenvalue weighted by molar-refractivity contribution is -0.196. The van der Waals surface area contributed by atoms with Gasteiger partial charge in [-0.15, -0.1) is 0 Å². The van der Waals surface area contributed by atoms with E-state index in [1.807, 2.05) is 7.05 Å². The van der Waals surface area contributed by atoms with Crippen molar-refractivity contribution < 1.29 is 14.9 Å². The lowest BCUT2D eigenvalue weighted by Crippen LogP contribution is -2.61. The Hall–Kier alpha value is -0.160. The van der Waals surface area contributed by atoms with Crippen LogP contribution in [0.4, 0.5) is 0 Å². The van der Waals surface area contributed by atoms with Crippen LogP contribution in [-0.4, -0.2) is 58.7 Å². The molecular formula is C15H29NO3. The van der Waals surface area contributed by atoms with Gasteiger partial charge >= 0.3 is 0 Å². The zero-order chi connectivity index (χ0) is 14.3. The van der Waals surface area contributed by atoms with E-state index in [1.54, 1.807) is 0 Å². The lowest BCUT2D eigenvalue weighted by atomic mass is 9.78. The first kappa shape index (κ1) is 15.2. The molecule has 2 fully saturated rings. The number of unbranched alkanes of at least 4 members (excludes halogenated alkanes) is 1. The second-order valence-corrected chi connectivity index (χ2v) is 7.02. The predicted molar refractivity (Wildman–Crippen MR) is 75.0 cm³/mol. The van der Waals surface area contributed by atoms with E-state index in [0.717, 1.165) is 25.8 Å². The molecule has 0 aromatic carbocycles. The van der Waals surface area contributed by atoms with E-state index in [-0.39, 0.29) is 17.6 Å². The fourth-order valence-corrected chi connectivity index (χ4v) is 3.85. The van der Waals surface area contributed by atoms with E-state index < -0.39 is 11.7 Å². The Morgan fingerprint density at radius 2 is 2.05 bits per heavy atom. The molecule has 4 heteroatoms. The van der Waals surface area contributed by atoms with Crippen molar-refractivity contribution >= 4 is 0 Å². The highest BCUT2D eigenvalue weighted by atomic mass is 16.5. The number of likely N-dealkylation sites (N-methyl/N-ethyl adjacent to an activating group) is 1. The standard InChI is InChI=1S/C15H29NO3/c1-5-6-7-16(4)13-12(17)8-11-9-14(2,3)19-10-15(11,13)18/h11-13,17-18H,5-10H2,1-4H3/t11-,12-,13+,15+/m1/s1. The van der Waals surface area contributed by atoms with Gasteiger partial charge in [-0.1, -0.05) is 13.3 Å². The lowest BCUT2D eigenvalue weighted by Gasteiger charge is -2.47. The third kappa shape index (κ3) is 2.82. The minimum atomic E-state index is -0.891. The molecule has 0 unspecified atom stereocenters. The van der Waals surface area contributed by atoms with Crippen LogP contribution in [0.2, 0.25) is 0 Å². The van der Waals surface area contributed by atoms with Gasteiger partial charge in [-0.2, -0.15) is 0 Å². The maximum atomic E-state index is 11.0. The average Bonchev–Trinajstić information content (AvgIpc) is 2.56. The summed E-state index contributed by atoms with van der Waals surface area (Å²) >= 11 is 0. The Kier molecular flexibility index (Phi) is 4.26. The molecule has 0 radical (unpaired) electrons. The molecule has 1 saturated heterocycles. The van der Waals surface area contributed by atoms with Gasteiger partial charge in [0.05, 0.1) is 24.4 Å². The number of hydrogen-bond acceptors (Lipinski definition) is 4. The van der Waals surface area contributed by atoms with Crippen LogP contribution < -0.4 is 0 Å². The van der Waals surface area contributed by atoms with E-state index in [9.17, 15) is 10.2 Å². The Bertz CT molecular complexity index is 321. The van der Waals surface area contributed by atoms with Crippen LogP contribution >= 0.6 is 0 Å². The smallest absolute Gasteiger partial charge is 0.109 e. The quantitative estimate of drug-likeness (QED) is 0.811. The number of nitrogens with zero attached hydrogens (tertiary/aromatic N) is 1. The molecule has 1 aliphatic heterocycles. The van der Waals surface area contributed by atoms with Gasteiger partial charge in [0.2, 0.25) is 0 Å². The zero-order valence-corrected chi connectivity index (χ0v) is 12.7. The summed E-state index contributed by atoms with van der Waals surface area (Å²) < 4.78 is 5.83. The summed E-state index contributed by atoms with van der Waals surface area (Å²) in [5.74, 6) is 0.139. The van der Waals surface area contributed by atoms with E-state index in [2.05, 4.69) is 25.7 Å². The molecule has 4 nitrogen and oxygen atoms in total. The van der Waals surface area contributed by atoms with Crippen molar-refractivity contribution in [2.75, 3.05) is 20.2 Å². The van der Waals surface area contributed by atoms with E-state index in [1.165, 1.54) is 0 Å². The van der Waals surface area contributed by atoms with E-state index >= 15 is 0 Å². The number of aliphatic hydroxyl groups excluding tert-OH is 1. The van der Waals surface area contributed by atoms with Crippen molar-refractivity contribution in [3.8, 4) is 0 Å². The molecule has 0 bridgehead atoms. The third-order valence-electron chi connectivity index (χ3n) is 4.88. The van der Waals surface area contributed by atoms with Crippen molar-refractivity contribution in [2.45, 2.75) is 69.8 Å². The second-order valence-electron chi connectivity index (χ2n) is 7.02. The Morgan fingerprint density at radius 1 is 1.37 bits per heavy atom. The highest BCUT2D eigenvalue weighted by Gasteiger charge is 2.59. The van der Waals surface area contributed by atoms with E-state index in [4.69, 9.17) is 4.74 Å². The monoisotopic (exact) mass is 271 g/mol. The molecule has 0 aromatic heterocycles. The molecule has 0 amide bonds. The van der Waals surface area contributed by atoms with E-state index in [0.29, 0.717) is 13.0 Å². The third-order valence-corrected chi connectivity index (χ3v) is 4.88. The van der Waals surface area contributed by atoms with Gasteiger partial charge in [-0.05, 0) is 52.6 Å². The van der Waals surface area contributed by atoms with Gasteiger partial charge in [0.25, 0.3) is 0 Å². The Labute approximate surface area is 116 Å². The number of fused-ring (bicyclic) bond motifs is 1. The van der Waals surface area contributed by atoms with Crippen LogP contribution in [-0.2, 0) is 4.74 Å². The normalized spacial score (nSPS) is 41.5. The minimum absolute atomic E-state index is 0.139. The van der Waals surface area contributed by atoms with Crippen molar-refractivity contribution in [3.05, 3.63) is 0 Å². The van der Waals surface area contributed by atoms with Gasteiger partial charge in [0.15, 0.2) is 0 Å². The fraction of sp³-hybridized carbons (Fsp3) is 1.00. The van der Waals surface area contributed by atoms with Crippen molar-refractivity contribution in [2.24, 2.45) is 5.92 Å². The second kappa shape index (κ2) is 5.32. The molecule has 2 N–H and O–H groups in total. The molecule has 19 heavy (non-hydrogen) atoms. The summed E-state index contributed by atoms with van der Waals surface area (Å²) in [6.45, 7) is 7.53.